The molecule has 2 heterocycles. The summed E-state index contributed by atoms with van der Waals surface area (Å²) in [6.45, 7) is 4.18. The molecule has 0 bridgehead atoms. The fourth-order valence-electron chi connectivity index (χ4n) is 4.19. The van der Waals surface area contributed by atoms with Crippen LogP contribution < -0.4 is 9.64 Å². The second kappa shape index (κ2) is 9.89. The van der Waals surface area contributed by atoms with E-state index in [1.807, 2.05) is 48.5 Å². The number of sulfonamides is 1. The predicted octanol–water partition coefficient (Wildman–Crippen LogP) is 3.39. The van der Waals surface area contributed by atoms with Crippen LogP contribution >= 0.6 is 0 Å². The highest BCUT2D eigenvalue weighted by atomic mass is 32.2. The molecule has 0 radical (unpaired) electrons. The Balaban J connectivity index is 1.77. The Hall–Kier alpha value is -2.97. The summed E-state index contributed by atoms with van der Waals surface area (Å²) in [6, 6.07) is 18.0. The molecule has 4 rings (SSSR count). The van der Waals surface area contributed by atoms with Gasteiger partial charge in [0.2, 0.25) is 10.0 Å². The first-order chi connectivity index (χ1) is 15.9. The first kappa shape index (κ1) is 23.2. The van der Waals surface area contributed by atoms with Gasteiger partial charge in [0.05, 0.1) is 13.4 Å². The van der Waals surface area contributed by atoms with Gasteiger partial charge in [0.1, 0.15) is 11.6 Å². The summed E-state index contributed by atoms with van der Waals surface area (Å²) in [6.07, 6.45) is 2.72. The maximum absolute atomic E-state index is 12.0. The number of aryl methyl sites for hydroxylation is 1. The minimum atomic E-state index is -3.20. The van der Waals surface area contributed by atoms with Crippen molar-refractivity contribution in [3.63, 3.8) is 0 Å². The van der Waals surface area contributed by atoms with Crippen LogP contribution in [0.15, 0.2) is 54.6 Å². The van der Waals surface area contributed by atoms with E-state index in [2.05, 4.69) is 17.9 Å². The number of benzene rings is 2. The maximum atomic E-state index is 12.0. The van der Waals surface area contributed by atoms with Crippen LogP contribution in [-0.2, 0) is 22.9 Å². The van der Waals surface area contributed by atoms with Gasteiger partial charge in [-0.3, -0.25) is 0 Å². The molecule has 3 aromatic rings. The standard InChI is InChI=1S/C25H30N4O3S/c1-4-23-22(18-19-9-8-12-21(17-19)32-2)25(27-24(26-23)20-10-6-5-7-11-20)28-13-15-29(16-14-28)33(3,30)31/h5-12,17H,4,13-16,18H2,1-3H3. The summed E-state index contributed by atoms with van der Waals surface area (Å²) in [7, 11) is -1.53. The van der Waals surface area contributed by atoms with Crippen molar-refractivity contribution in [2.75, 3.05) is 44.4 Å². The zero-order valence-electron chi connectivity index (χ0n) is 19.4. The number of hydrogen-bond acceptors (Lipinski definition) is 6. The van der Waals surface area contributed by atoms with Crippen LogP contribution in [0.2, 0.25) is 0 Å². The van der Waals surface area contributed by atoms with Crippen LogP contribution in [0, 0.1) is 0 Å². The van der Waals surface area contributed by atoms with E-state index >= 15 is 0 Å². The second-order valence-electron chi connectivity index (χ2n) is 8.19. The number of methoxy groups -OCH3 is 1. The molecule has 7 nitrogen and oxygen atoms in total. The minimum Gasteiger partial charge on any atom is -0.497 e. The van der Waals surface area contributed by atoms with Crippen molar-refractivity contribution in [3.8, 4) is 17.1 Å². The van der Waals surface area contributed by atoms with Gasteiger partial charge in [-0.2, -0.15) is 4.31 Å². The summed E-state index contributed by atoms with van der Waals surface area (Å²) >= 11 is 0. The predicted molar refractivity (Wildman–Crippen MR) is 131 cm³/mol. The Morgan fingerprint density at radius 2 is 1.70 bits per heavy atom. The van der Waals surface area contributed by atoms with Gasteiger partial charge < -0.3 is 9.64 Å². The van der Waals surface area contributed by atoms with Crippen molar-refractivity contribution in [1.82, 2.24) is 14.3 Å². The fourth-order valence-corrected chi connectivity index (χ4v) is 5.01. The van der Waals surface area contributed by atoms with E-state index in [4.69, 9.17) is 14.7 Å². The molecule has 0 saturated carbocycles. The molecule has 1 aliphatic rings. The summed E-state index contributed by atoms with van der Waals surface area (Å²) in [5, 5.41) is 0. The Morgan fingerprint density at radius 3 is 2.33 bits per heavy atom. The number of ether oxygens (including phenoxy) is 1. The molecule has 33 heavy (non-hydrogen) atoms. The highest BCUT2D eigenvalue weighted by Gasteiger charge is 2.27. The highest BCUT2D eigenvalue weighted by molar-refractivity contribution is 7.88. The quantitative estimate of drug-likeness (QED) is 0.531. The highest BCUT2D eigenvalue weighted by Crippen LogP contribution is 2.30. The smallest absolute Gasteiger partial charge is 0.211 e. The molecule has 0 unspecified atom stereocenters. The maximum Gasteiger partial charge on any atom is 0.211 e. The SMILES string of the molecule is CCc1nc(-c2ccccc2)nc(N2CCN(S(C)(=O)=O)CC2)c1Cc1cccc(OC)c1. The number of hydrogen-bond donors (Lipinski definition) is 0. The lowest BCUT2D eigenvalue weighted by atomic mass is 10.0. The van der Waals surface area contributed by atoms with Gasteiger partial charge in [0, 0.05) is 49.4 Å². The van der Waals surface area contributed by atoms with E-state index < -0.39 is 10.0 Å². The molecule has 174 valence electrons. The average Bonchev–Trinajstić information content (AvgIpc) is 2.84. The molecule has 2 aromatic carbocycles. The van der Waals surface area contributed by atoms with Crippen LogP contribution in [0.5, 0.6) is 5.75 Å². The van der Waals surface area contributed by atoms with E-state index in [0.29, 0.717) is 38.4 Å². The molecule has 0 atom stereocenters. The topological polar surface area (TPSA) is 75.6 Å². The largest absolute Gasteiger partial charge is 0.497 e. The van der Waals surface area contributed by atoms with E-state index in [1.54, 1.807) is 7.11 Å². The zero-order chi connectivity index (χ0) is 23.4. The Labute approximate surface area is 196 Å². The number of rotatable bonds is 7. The van der Waals surface area contributed by atoms with Gasteiger partial charge >= 0.3 is 0 Å². The molecular weight excluding hydrogens is 436 g/mol. The van der Waals surface area contributed by atoms with Gasteiger partial charge in [-0.25, -0.2) is 18.4 Å². The molecular formula is C25H30N4O3S. The van der Waals surface area contributed by atoms with E-state index in [0.717, 1.165) is 40.4 Å². The molecule has 1 aliphatic heterocycles. The molecule has 0 spiro atoms. The number of aromatic nitrogens is 2. The fraction of sp³-hybridized carbons (Fsp3) is 0.360. The first-order valence-electron chi connectivity index (χ1n) is 11.2. The minimum absolute atomic E-state index is 0.448. The van der Waals surface area contributed by atoms with Gasteiger partial charge in [-0.15, -0.1) is 0 Å². The molecule has 0 amide bonds. The third-order valence-electron chi connectivity index (χ3n) is 5.96. The van der Waals surface area contributed by atoms with Gasteiger partial charge in [0.15, 0.2) is 5.82 Å². The van der Waals surface area contributed by atoms with Crippen molar-refractivity contribution >= 4 is 15.8 Å². The van der Waals surface area contributed by atoms with Crippen LogP contribution in [0.3, 0.4) is 0 Å². The Bertz CT molecular complexity index is 1210. The Kier molecular flexibility index (Phi) is 6.95. The van der Waals surface area contributed by atoms with Crippen molar-refractivity contribution < 1.29 is 13.2 Å². The van der Waals surface area contributed by atoms with Crippen LogP contribution in [0.4, 0.5) is 5.82 Å². The molecule has 1 fully saturated rings. The molecule has 0 aliphatic carbocycles. The third-order valence-corrected chi connectivity index (χ3v) is 7.26. The van der Waals surface area contributed by atoms with Crippen molar-refractivity contribution in [3.05, 3.63) is 71.4 Å². The summed E-state index contributed by atoms with van der Waals surface area (Å²) in [5.74, 6) is 2.40. The molecule has 8 heteroatoms. The molecule has 0 N–H and O–H groups in total. The van der Waals surface area contributed by atoms with Crippen LogP contribution in [0.1, 0.15) is 23.7 Å². The lowest BCUT2D eigenvalue weighted by Crippen LogP contribution is -2.49. The monoisotopic (exact) mass is 466 g/mol. The number of anilines is 1. The van der Waals surface area contributed by atoms with Crippen molar-refractivity contribution in [2.45, 2.75) is 19.8 Å². The van der Waals surface area contributed by atoms with Crippen molar-refractivity contribution in [2.24, 2.45) is 0 Å². The van der Waals surface area contributed by atoms with E-state index in [9.17, 15) is 8.42 Å². The van der Waals surface area contributed by atoms with Crippen LogP contribution in [-0.4, -0.2) is 62.2 Å². The lowest BCUT2D eigenvalue weighted by molar-refractivity contribution is 0.386. The van der Waals surface area contributed by atoms with Gasteiger partial charge in [-0.1, -0.05) is 49.4 Å². The third kappa shape index (κ3) is 5.34. The number of piperazine rings is 1. The lowest BCUT2D eigenvalue weighted by Gasteiger charge is -2.35. The summed E-state index contributed by atoms with van der Waals surface area (Å²) in [5.41, 5.74) is 4.18. The van der Waals surface area contributed by atoms with Crippen LogP contribution in [0.25, 0.3) is 11.4 Å². The van der Waals surface area contributed by atoms with Gasteiger partial charge in [0.25, 0.3) is 0 Å². The van der Waals surface area contributed by atoms with Gasteiger partial charge in [-0.05, 0) is 24.1 Å². The average molecular weight is 467 g/mol. The first-order valence-corrected chi connectivity index (χ1v) is 13.0. The molecule has 1 aromatic heterocycles. The second-order valence-corrected chi connectivity index (χ2v) is 10.2. The van der Waals surface area contributed by atoms with E-state index in [-0.39, 0.29) is 0 Å². The number of nitrogens with zero attached hydrogens (tertiary/aromatic N) is 4. The normalized spacial score (nSPS) is 14.9. The summed E-state index contributed by atoms with van der Waals surface area (Å²) in [4.78, 5) is 12.2. The Morgan fingerprint density at radius 1 is 0.970 bits per heavy atom. The zero-order valence-corrected chi connectivity index (χ0v) is 20.2. The van der Waals surface area contributed by atoms with E-state index in [1.165, 1.54) is 10.6 Å². The van der Waals surface area contributed by atoms with Crippen molar-refractivity contribution in [1.29, 1.82) is 0 Å². The summed E-state index contributed by atoms with van der Waals surface area (Å²) < 4.78 is 31.0. The molecule has 1 saturated heterocycles.